The van der Waals surface area contributed by atoms with E-state index in [4.69, 9.17) is 4.74 Å². The summed E-state index contributed by atoms with van der Waals surface area (Å²) in [4.78, 5) is 129. The zero-order chi connectivity index (χ0) is 53.3. The van der Waals surface area contributed by atoms with E-state index in [9.17, 15) is 61.5 Å². The third-order valence-electron chi connectivity index (χ3n) is 13.6. The highest BCUT2D eigenvalue weighted by molar-refractivity contribution is 7.52. The quantitative estimate of drug-likeness (QED) is 0.0484. The molecule has 0 saturated carbocycles. The van der Waals surface area contributed by atoms with Crippen molar-refractivity contribution in [3.05, 3.63) is 105 Å². The number of ether oxygens (including phenoxy) is 1. The van der Waals surface area contributed by atoms with Crippen LogP contribution in [0.15, 0.2) is 72.8 Å². The molecule has 3 saturated heterocycles. The lowest BCUT2D eigenvalue weighted by atomic mass is 9.85. The molecule has 1 aromatic heterocycles. The maximum absolute atomic E-state index is 14.8. The van der Waals surface area contributed by atoms with E-state index in [1.807, 2.05) is 30.3 Å². The van der Waals surface area contributed by atoms with Crippen molar-refractivity contribution in [2.45, 2.75) is 102 Å². The number of carbonyl (C=O) groups excluding carboxylic acids is 8. The SMILES string of the molecule is CC(C)(C)C(NC(=O)c1cc2cc(C(F)(F)P(=O)(O)O)ccc2s1)C(=O)N1C[C@@H](OCC(=O)NCCCC#Cc2ccc3c(c2)C(=O)N(C2CCC(=O)NC2=O)C3=O)C[C@H]1C(=O)N1CCC[C@H](c2ccccc2)C1. The molecule has 8 amide bonds. The molecule has 2 unspecified atom stereocenters. The van der Waals surface area contributed by atoms with E-state index in [1.165, 1.54) is 29.2 Å². The summed E-state index contributed by atoms with van der Waals surface area (Å²) in [5.41, 5.74) is -4.51. The second kappa shape index (κ2) is 21.6. The minimum absolute atomic E-state index is 0.00562. The van der Waals surface area contributed by atoms with Gasteiger partial charge in [-0.05, 0) is 78.4 Å². The average Bonchev–Trinajstić information content (AvgIpc) is 4.06. The van der Waals surface area contributed by atoms with Gasteiger partial charge in [-0.25, -0.2) is 0 Å². The molecule has 4 aliphatic rings. The van der Waals surface area contributed by atoms with Gasteiger partial charge in [0.05, 0.1) is 22.1 Å². The number of fused-ring (bicyclic) bond motifs is 2. The van der Waals surface area contributed by atoms with Crippen LogP contribution in [0.4, 0.5) is 8.78 Å². The standard InChI is InChI=1S/C52H55F2N6O12PS/c1-51(2,3)44(57-46(64)41-25-33-24-34(16-19-40(33)74-41)52(53,54)73(69,70)71)50(68)59-28-35(26-39(59)49(67)58-22-10-14-32(27-58)31-12-7-4-8-13-31)72-29-43(62)55-21-9-5-6-11-30-15-17-36-37(23-30)48(66)60(47(36)65)38-18-20-42(61)56-45(38)63/h4,7-8,12-13,15-17,19,23-25,32,35,38-39,44H,5,9-10,14,18,20-22,26-29H2,1-3H3,(H,55,62)(H,57,64)(H,56,61,63)(H2,69,70,71)/t32-,35-,38?,39-,44?/m0/s1. The first kappa shape index (κ1) is 53.6. The van der Waals surface area contributed by atoms with Crippen molar-refractivity contribution >= 4 is 76.3 Å². The lowest BCUT2D eigenvalue weighted by Crippen LogP contribution is -2.58. The topological polar surface area (TPSA) is 249 Å². The zero-order valence-electron chi connectivity index (χ0n) is 40.7. The van der Waals surface area contributed by atoms with Crippen LogP contribution in [0, 0.1) is 17.3 Å². The third kappa shape index (κ3) is 11.5. The van der Waals surface area contributed by atoms with E-state index in [0.717, 1.165) is 46.8 Å². The molecule has 3 aromatic carbocycles. The first-order chi connectivity index (χ1) is 35.0. The van der Waals surface area contributed by atoms with E-state index >= 15 is 0 Å². The number of likely N-dealkylation sites (tertiary alicyclic amines) is 2. The molecule has 18 nitrogen and oxygen atoms in total. The summed E-state index contributed by atoms with van der Waals surface area (Å²) in [5.74, 6) is 1.56. The number of carbonyl (C=O) groups is 8. The van der Waals surface area contributed by atoms with E-state index in [-0.39, 0.29) is 72.2 Å². The highest BCUT2D eigenvalue weighted by Gasteiger charge is 2.51. The van der Waals surface area contributed by atoms with E-state index in [2.05, 4.69) is 27.8 Å². The molecule has 5 N–H and O–H groups in total. The zero-order valence-corrected chi connectivity index (χ0v) is 42.4. The van der Waals surface area contributed by atoms with Crippen molar-refractivity contribution < 1.29 is 66.2 Å². The van der Waals surface area contributed by atoms with Crippen LogP contribution in [0.25, 0.3) is 10.1 Å². The van der Waals surface area contributed by atoms with Gasteiger partial charge in [0.25, 0.3) is 17.7 Å². The van der Waals surface area contributed by atoms with Crippen molar-refractivity contribution in [2.75, 3.05) is 32.8 Å². The number of hydrogen-bond acceptors (Lipinski definition) is 11. The number of halogens is 2. The van der Waals surface area contributed by atoms with E-state index in [0.29, 0.717) is 36.2 Å². The number of thiophene rings is 1. The molecular weight excluding hydrogens is 1000 g/mol. The fourth-order valence-electron chi connectivity index (χ4n) is 9.67. The average molecular weight is 1060 g/mol. The summed E-state index contributed by atoms with van der Waals surface area (Å²) in [6.07, 6.45) is 1.77. The first-order valence-corrected chi connectivity index (χ1v) is 26.6. The van der Waals surface area contributed by atoms with Gasteiger partial charge in [0, 0.05) is 67.2 Å². The van der Waals surface area contributed by atoms with Gasteiger partial charge in [-0.2, -0.15) is 8.78 Å². The van der Waals surface area contributed by atoms with Crippen LogP contribution in [-0.2, 0) is 38.9 Å². The maximum Gasteiger partial charge on any atom is 0.399 e. The van der Waals surface area contributed by atoms with Gasteiger partial charge >= 0.3 is 13.3 Å². The lowest BCUT2D eigenvalue weighted by Gasteiger charge is -2.38. The number of imide groups is 2. The Labute approximate surface area is 428 Å². The molecule has 4 aliphatic heterocycles. The molecule has 0 radical (unpaired) electrons. The Morgan fingerprint density at radius 2 is 1.69 bits per heavy atom. The molecule has 5 atom stereocenters. The largest absolute Gasteiger partial charge is 0.399 e. The van der Waals surface area contributed by atoms with Crippen LogP contribution in [0.2, 0.25) is 0 Å². The Morgan fingerprint density at radius 1 is 0.946 bits per heavy atom. The third-order valence-corrected chi connectivity index (χ3v) is 15.7. The molecule has 74 heavy (non-hydrogen) atoms. The molecule has 0 spiro atoms. The summed E-state index contributed by atoms with van der Waals surface area (Å²) < 4.78 is 47.2. The lowest BCUT2D eigenvalue weighted by molar-refractivity contribution is -0.147. The van der Waals surface area contributed by atoms with Crippen LogP contribution in [0.1, 0.15) is 119 Å². The van der Waals surface area contributed by atoms with Gasteiger partial charge < -0.3 is 35.0 Å². The van der Waals surface area contributed by atoms with Gasteiger partial charge in [-0.15, -0.1) is 11.3 Å². The molecule has 0 aliphatic carbocycles. The highest BCUT2D eigenvalue weighted by Crippen LogP contribution is 2.59. The van der Waals surface area contributed by atoms with E-state index in [1.54, 1.807) is 31.7 Å². The Bertz CT molecular complexity index is 3040. The number of benzene rings is 3. The number of alkyl halides is 2. The number of piperidine rings is 2. The first-order valence-electron chi connectivity index (χ1n) is 24.2. The number of amides is 8. The summed E-state index contributed by atoms with van der Waals surface area (Å²) in [6.45, 7) is 5.87. The molecular formula is C52H55F2N6O12PS. The predicted octanol–water partition coefficient (Wildman–Crippen LogP) is 5.01. The van der Waals surface area contributed by atoms with Crippen LogP contribution in [-0.4, -0.2) is 129 Å². The summed E-state index contributed by atoms with van der Waals surface area (Å²) in [5, 5.41) is 7.90. The molecule has 3 fully saturated rings. The van der Waals surface area contributed by atoms with Gasteiger partial charge in [0.1, 0.15) is 24.7 Å². The van der Waals surface area contributed by atoms with Crippen LogP contribution < -0.4 is 16.0 Å². The summed E-state index contributed by atoms with van der Waals surface area (Å²) in [7, 11) is -5.86. The van der Waals surface area contributed by atoms with Crippen LogP contribution in [0.3, 0.4) is 0 Å². The van der Waals surface area contributed by atoms with Crippen molar-refractivity contribution in [3.8, 4) is 11.8 Å². The molecule has 0 bridgehead atoms. The van der Waals surface area contributed by atoms with Gasteiger partial charge in [-0.3, -0.25) is 53.1 Å². The Balaban J connectivity index is 0.899. The van der Waals surface area contributed by atoms with E-state index < -0.39 is 89.8 Å². The molecule has 5 heterocycles. The summed E-state index contributed by atoms with van der Waals surface area (Å²) in [6, 6.07) is 15.4. The number of rotatable bonds is 14. The molecule has 4 aromatic rings. The predicted molar refractivity (Wildman–Crippen MR) is 266 cm³/mol. The van der Waals surface area contributed by atoms with Crippen molar-refractivity contribution in [3.63, 3.8) is 0 Å². The van der Waals surface area contributed by atoms with Crippen LogP contribution >= 0.6 is 18.9 Å². The number of nitrogens with zero attached hydrogens (tertiary/aromatic N) is 3. The fourth-order valence-corrected chi connectivity index (χ4v) is 11.1. The summed E-state index contributed by atoms with van der Waals surface area (Å²) >= 11 is 0.938. The van der Waals surface area contributed by atoms with Crippen LogP contribution in [0.5, 0.6) is 0 Å². The molecule has 22 heteroatoms. The number of nitrogens with one attached hydrogen (secondary N) is 3. The van der Waals surface area contributed by atoms with Crippen molar-refractivity contribution in [2.24, 2.45) is 5.41 Å². The number of hydrogen-bond donors (Lipinski definition) is 5. The Kier molecular flexibility index (Phi) is 15.7. The molecule has 8 rings (SSSR count). The van der Waals surface area contributed by atoms with Crippen molar-refractivity contribution in [1.82, 2.24) is 30.7 Å². The molecule has 390 valence electrons. The highest BCUT2D eigenvalue weighted by atomic mass is 32.1. The van der Waals surface area contributed by atoms with Gasteiger partial charge in [0.2, 0.25) is 29.5 Å². The maximum atomic E-state index is 14.8. The fraction of sp³-hybridized carbons (Fsp3) is 0.423. The number of unbranched alkanes of at least 4 members (excludes halogenated alkanes) is 1. The Morgan fingerprint density at radius 3 is 2.41 bits per heavy atom. The second-order valence-corrected chi connectivity index (χ2v) is 22.6. The van der Waals surface area contributed by atoms with Crippen molar-refractivity contribution in [1.29, 1.82) is 0 Å². The minimum Gasteiger partial charge on any atom is -0.366 e. The second-order valence-electron chi connectivity index (χ2n) is 19.9. The monoisotopic (exact) mass is 1060 g/mol. The van der Waals surface area contributed by atoms with Gasteiger partial charge in [-0.1, -0.05) is 69.0 Å². The normalized spacial score (nSPS) is 20.7. The Hall–Kier alpha value is -6.69. The minimum atomic E-state index is -5.86. The van der Waals surface area contributed by atoms with Gasteiger partial charge in [0.15, 0.2) is 0 Å². The smallest absolute Gasteiger partial charge is 0.366 e.